The highest BCUT2D eigenvalue weighted by atomic mass is 32.1. The Balaban J connectivity index is 1.21. The molecule has 3 aromatic rings. The first kappa shape index (κ1) is 27.4. The molecule has 0 aliphatic carbocycles. The van der Waals surface area contributed by atoms with Crippen LogP contribution in [0.4, 0.5) is 5.13 Å². The lowest BCUT2D eigenvalue weighted by Gasteiger charge is -2.35. The Morgan fingerprint density at radius 3 is 2.56 bits per heavy atom. The van der Waals surface area contributed by atoms with Gasteiger partial charge in [-0.15, -0.1) is 22.7 Å². The van der Waals surface area contributed by atoms with E-state index in [4.69, 9.17) is 4.74 Å². The van der Waals surface area contributed by atoms with Crippen molar-refractivity contribution in [2.24, 2.45) is 0 Å². The summed E-state index contributed by atoms with van der Waals surface area (Å²) in [5, 5.41) is 4.14. The van der Waals surface area contributed by atoms with Gasteiger partial charge in [0.05, 0.1) is 10.4 Å². The van der Waals surface area contributed by atoms with E-state index in [0.717, 1.165) is 39.3 Å². The zero-order valence-electron chi connectivity index (χ0n) is 22.2. The fourth-order valence-electron chi connectivity index (χ4n) is 4.74. The maximum atomic E-state index is 13.4. The summed E-state index contributed by atoms with van der Waals surface area (Å²) in [6.07, 6.45) is 0.0729. The van der Waals surface area contributed by atoms with Gasteiger partial charge in [-0.25, -0.2) is 4.98 Å². The monoisotopic (exact) mass is 567 g/mol. The zero-order valence-corrected chi connectivity index (χ0v) is 23.9. The van der Waals surface area contributed by atoms with Gasteiger partial charge in [0.2, 0.25) is 17.8 Å². The van der Waals surface area contributed by atoms with Crippen LogP contribution in [0.25, 0.3) is 0 Å². The number of aromatic nitrogens is 1. The Morgan fingerprint density at radius 1 is 1.05 bits per heavy atom. The number of para-hydroxylation sites is 1. The van der Waals surface area contributed by atoms with Gasteiger partial charge in [-0.1, -0.05) is 18.2 Å². The summed E-state index contributed by atoms with van der Waals surface area (Å²) in [5.74, 6) is 0.375. The molecule has 206 valence electrons. The van der Waals surface area contributed by atoms with Crippen molar-refractivity contribution >= 4 is 45.4 Å². The highest BCUT2D eigenvalue weighted by Crippen LogP contribution is 2.38. The number of thiazole rings is 1. The second kappa shape index (κ2) is 12.4. The maximum Gasteiger partial charge on any atom is 0.270 e. The molecule has 0 radical (unpaired) electrons. The molecule has 0 bridgehead atoms. The van der Waals surface area contributed by atoms with Crippen molar-refractivity contribution in [1.82, 2.24) is 19.7 Å². The number of carbonyl (C=O) groups excluding carboxylic acids is 3. The Kier molecular flexibility index (Phi) is 8.71. The summed E-state index contributed by atoms with van der Waals surface area (Å²) >= 11 is 2.68. The third kappa shape index (κ3) is 6.38. The first-order valence-electron chi connectivity index (χ1n) is 13.2. The van der Waals surface area contributed by atoms with Crippen molar-refractivity contribution in [3.63, 3.8) is 0 Å². The standard InChI is InChI=1S/C28H33N5O4S2/c1-30(2)12-13-31-14-16-32(17-15-31)24(34)10-5-11-33(27(36)23-9-6-18-38-23)28-29-21(19-39-28)26-25(35)20-7-3-4-8-22(20)37-26/h3-4,6-9,18-19,26H,5,10-17H2,1-2H3. The van der Waals surface area contributed by atoms with Gasteiger partial charge in [-0.2, -0.15) is 0 Å². The van der Waals surface area contributed by atoms with Gasteiger partial charge in [-0.05, 0) is 44.1 Å². The van der Waals surface area contributed by atoms with E-state index in [2.05, 4.69) is 28.9 Å². The Hall–Kier alpha value is -3.12. The Morgan fingerprint density at radius 2 is 1.85 bits per heavy atom. The topological polar surface area (TPSA) is 86.3 Å². The molecule has 2 aliphatic rings. The van der Waals surface area contributed by atoms with Gasteiger partial charge >= 0.3 is 0 Å². The van der Waals surface area contributed by atoms with Crippen molar-refractivity contribution in [2.45, 2.75) is 18.9 Å². The number of carbonyl (C=O) groups is 3. The number of anilines is 1. The number of nitrogens with zero attached hydrogens (tertiary/aromatic N) is 5. The fraction of sp³-hybridized carbons (Fsp3) is 0.429. The normalized spacial score (nSPS) is 17.4. The summed E-state index contributed by atoms with van der Waals surface area (Å²) < 4.78 is 5.88. The number of Topliss-reactive ketones (excluding diaryl/α,β-unsaturated/α-hetero) is 1. The number of hydrogen-bond acceptors (Lipinski definition) is 9. The third-order valence-corrected chi connectivity index (χ3v) is 8.72. The number of hydrogen-bond donors (Lipinski definition) is 0. The molecule has 1 aromatic carbocycles. The molecule has 4 heterocycles. The molecule has 0 spiro atoms. The molecule has 2 amide bonds. The minimum Gasteiger partial charge on any atom is -0.475 e. The predicted octanol–water partition coefficient (Wildman–Crippen LogP) is 3.65. The summed E-state index contributed by atoms with van der Waals surface area (Å²) in [5.41, 5.74) is 1.03. The van der Waals surface area contributed by atoms with E-state index in [1.54, 1.807) is 28.5 Å². The number of likely N-dealkylation sites (N-methyl/N-ethyl adjacent to an activating group) is 1. The zero-order chi connectivity index (χ0) is 27.4. The summed E-state index contributed by atoms with van der Waals surface area (Å²) in [4.78, 5) is 52.6. The van der Waals surface area contributed by atoms with Crippen molar-refractivity contribution in [2.75, 3.05) is 64.8 Å². The molecule has 1 unspecified atom stereocenters. The lowest BCUT2D eigenvalue weighted by molar-refractivity contribution is -0.133. The molecule has 2 aliphatic heterocycles. The number of amides is 2. The van der Waals surface area contributed by atoms with Crippen LogP contribution in [0.15, 0.2) is 47.2 Å². The number of thiophene rings is 1. The van der Waals surface area contributed by atoms with Crippen LogP contribution in [-0.4, -0.2) is 97.2 Å². The number of ether oxygens (including phenoxy) is 1. The van der Waals surface area contributed by atoms with Gasteiger partial charge in [0.15, 0.2) is 5.13 Å². The third-order valence-electron chi connectivity index (χ3n) is 6.98. The molecular formula is C28H33N5O4S2. The van der Waals surface area contributed by atoms with E-state index < -0.39 is 6.10 Å². The second-order valence-electron chi connectivity index (χ2n) is 9.98. The summed E-state index contributed by atoms with van der Waals surface area (Å²) in [6, 6.07) is 10.8. The first-order chi connectivity index (χ1) is 18.9. The van der Waals surface area contributed by atoms with E-state index in [1.165, 1.54) is 22.7 Å². The number of rotatable bonds is 10. The summed E-state index contributed by atoms with van der Waals surface area (Å²) in [7, 11) is 4.14. The average Bonchev–Trinajstić information content (AvgIpc) is 3.71. The van der Waals surface area contributed by atoms with Crippen LogP contribution in [-0.2, 0) is 4.79 Å². The van der Waals surface area contributed by atoms with Gasteiger partial charge in [-0.3, -0.25) is 24.2 Å². The minimum atomic E-state index is -0.816. The molecule has 9 nitrogen and oxygen atoms in total. The lowest BCUT2D eigenvalue weighted by Crippen LogP contribution is -2.50. The molecule has 0 N–H and O–H groups in total. The van der Waals surface area contributed by atoms with E-state index in [1.807, 2.05) is 28.5 Å². The highest BCUT2D eigenvalue weighted by molar-refractivity contribution is 7.14. The van der Waals surface area contributed by atoms with Crippen molar-refractivity contribution in [3.05, 3.63) is 63.3 Å². The largest absolute Gasteiger partial charge is 0.475 e. The first-order valence-corrected chi connectivity index (χ1v) is 14.9. The van der Waals surface area contributed by atoms with Crippen LogP contribution in [0.3, 0.4) is 0 Å². The highest BCUT2D eigenvalue weighted by Gasteiger charge is 2.36. The van der Waals surface area contributed by atoms with E-state index >= 15 is 0 Å². The second-order valence-corrected chi connectivity index (χ2v) is 11.8. The fourth-order valence-corrected chi connectivity index (χ4v) is 6.27. The molecule has 11 heteroatoms. The molecule has 5 rings (SSSR count). The van der Waals surface area contributed by atoms with Gasteiger partial charge in [0, 0.05) is 57.6 Å². The molecule has 0 saturated carbocycles. The van der Waals surface area contributed by atoms with Crippen LogP contribution >= 0.6 is 22.7 Å². The van der Waals surface area contributed by atoms with Crippen LogP contribution in [0, 0.1) is 0 Å². The van der Waals surface area contributed by atoms with E-state index in [-0.39, 0.29) is 17.6 Å². The predicted molar refractivity (Wildman–Crippen MR) is 153 cm³/mol. The summed E-state index contributed by atoms with van der Waals surface area (Å²) in [6.45, 7) is 5.61. The SMILES string of the molecule is CN(C)CCN1CCN(C(=O)CCCN(C(=O)c2cccs2)c2nc(C3Oc4ccccc4C3=O)cs2)CC1. The van der Waals surface area contributed by atoms with E-state index in [0.29, 0.717) is 46.4 Å². The molecular weight excluding hydrogens is 534 g/mol. The van der Waals surface area contributed by atoms with Crippen LogP contribution < -0.4 is 9.64 Å². The van der Waals surface area contributed by atoms with Crippen molar-refractivity contribution < 1.29 is 19.1 Å². The van der Waals surface area contributed by atoms with Crippen molar-refractivity contribution in [3.8, 4) is 5.75 Å². The maximum absolute atomic E-state index is 13.4. The molecule has 39 heavy (non-hydrogen) atoms. The van der Waals surface area contributed by atoms with Crippen LogP contribution in [0.5, 0.6) is 5.75 Å². The number of ketones is 1. The number of fused-ring (bicyclic) bond motifs is 1. The van der Waals surface area contributed by atoms with Crippen molar-refractivity contribution in [1.29, 1.82) is 0 Å². The lowest BCUT2D eigenvalue weighted by atomic mass is 10.1. The van der Waals surface area contributed by atoms with Crippen LogP contribution in [0.2, 0.25) is 0 Å². The van der Waals surface area contributed by atoms with Gasteiger partial charge in [0.1, 0.15) is 11.4 Å². The number of piperazine rings is 1. The molecule has 1 saturated heterocycles. The molecule has 2 aromatic heterocycles. The Bertz CT molecular complexity index is 1300. The Labute approximate surface area is 236 Å². The van der Waals surface area contributed by atoms with Crippen LogP contribution in [0.1, 0.15) is 44.7 Å². The average molecular weight is 568 g/mol. The van der Waals surface area contributed by atoms with Gasteiger partial charge < -0.3 is 14.5 Å². The van der Waals surface area contributed by atoms with Gasteiger partial charge in [0.25, 0.3) is 5.91 Å². The number of benzene rings is 1. The molecule has 1 atom stereocenters. The van der Waals surface area contributed by atoms with E-state index in [9.17, 15) is 14.4 Å². The minimum absolute atomic E-state index is 0.119. The quantitative estimate of drug-likeness (QED) is 0.370. The smallest absolute Gasteiger partial charge is 0.270 e. The molecule has 1 fully saturated rings.